The Labute approximate surface area is 115 Å². The number of halogens is 1. The van der Waals surface area contributed by atoms with Crippen LogP contribution in [0.2, 0.25) is 0 Å². The molecule has 2 aromatic rings. The molecule has 8 heteroatoms. The van der Waals surface area contributed by atoms with Crippen molar-refractivity contribution in [3.63, 3.8) is 0 Å². The van der Waals surface area contributed by atoms with Crippen LogP contribution in [0.25, 0.3) is 0 Å². The van der Waals surface area contributed by atoms with Crippen LogP contribution in [0.5, 0.6) is 5.75 Å². The minimum atomic E-state index is -3.97. The zero-order chi connectivity index (χ0) is 14.9. The Morgan fingerprint density at radius 1 is 1.45 bits per heavy atom. The minimum absolute atomic E-state index is 0.180. The van der Waals surface area contributed by atoms with Crippen LogP contribution in [-0.2, 0) is 16.6 Å². The highest BCUT2D eigenvalue weighted by atomic mass is 32.2. The van der Waals surface area contributed by atoms with Gasteiger partial charge in [-0.2, -0.15) is 8.42 Å². The van der Waals surface area contributed by atoms with Crippen molar-refractivity contribution in [1.82, 2.24) is 9.55 Å². The lowest BCUT2D eigenvalue weighted by atomic mass is 10.3. The minimum Gasteiger partial charge on any atom is -0.506 e. The van der Waals surface area contributed by atoms with Gasteiger partial charge in [0, 0.05) is 18.8 Å². The number of nitrogens with zero attached hydrogens (tertiary/aromatic N) is 2. The Bertz CT molecular complexity index is 740. The molecule has 0 bridgehead atoms. The van der Waals surface area contributed by atoms with E-state index in [2.05, 4.69) is 9.71 Å². The second-order valence-corrected chi connectivity index (χ2v) is 5.81. The van der Waals surface area contributed by atoms with Gasteiger partial charge in [0.05, 0.1) is 5.69 Å². The highest BCUT2D eigenvalue weighted by Crippen LogP contribution is 2.26. The number of sulfonamides is 1. The van der Waals surface area contributed by atoms with Crippen LogP contribution in [0.1, 0.15) is 12.7 Å². The molecule has 2 rings (SSSR count). The zero-order valence-corrected chi connectivity index (χ0v) is 11.8. The number of phenolic OH excluding ortho intramolecular Hbond substituents is 1. The number of benzene rings is 1. The maximum absolute atomic E-state index is 13.1. The average Bonchev–Trinajstić information content (AvgIpc) is 2.76. The van der Waals surface area contributed by atoms with E-state index >= 15 is 0 Å². The topological polar surface area (TPSA) is 84.2 Å². The summed E-state index contributed by atoms with van der Waals surface area (Å²) in [4.78, 5) is 3.94. The molecule has 1 aromatic heterocycles. The van der Waals surface area contributed by atoms with Crippen LogP contribution < -0.4 is 4.72 Å². The summed E-state index contributed by atoms with van der Waals surface area (Å²) in [5, 5.41) is 9.35. The fraction of sp³-hybridized carbons (Fsp3) is 0.250. The molecule has 0 aliphatic heterocycles. The maximum Gasteiger partial charge on any atom is 0.281 e. The highest BCUT2D eigenvalue weighted by molar-refractivity contribution is 7.92. The van der Waals surface area contributed by atoms with E-state index in [1.165, 1.54) is 6.20 Å². The summed E-state index contributed by atoms with van der Waals surface area (Å²) in [6, 6.07) is 3.00. The molecule has 20 heavy (non-hydrogen) atoms. The Morgan fingerprint density at radius 2 is 2.15 bits per heavy atom. The summed E-state index contributed by atoms with van der Waals surface area (Å²) < 4.78 is 41.1. The number of anilines is 1. The number of aryl methyl sites for hydroxylation is 2. The van der Waals surface area contributed by atoms with Crippen molar-refractivity contribution in [3.8, 4) is 5.75 Å². The molecule has 0 unspecified atom stereocenters. The van der Waals surface area contributed by atoms with Gasteiger partial charge in [-0.3, -0.25) is 4.72 Å². The van der Waals surface area contributed by atoms with Crippen molar-refractivity contribution < 1.29 is 17.9 Å². The number of nitrogens with one attached hydrogen (secondary N) is 1. The van der Waals surface area contributed by atoms with Gasteiger partial charge >= 0.3 is 0 Å². The molecule has 0 amide bonds. The summed E-state index contributed by atoms with van der Waals surface area (Å²) in [6.07, 6.45) is 1.38. The van der Waals surface area contributed by atoms with Gasteiger partial charge in [-0.1, -0.05) is 0 Å². The first-order valence-corrected chi connectivity index (χ1v) is 7.37. The SMILES string of the molecule is CCn1cc(S(=O)(=O)Nc2cc(F)ccc2O)nc1C. The van der Waals surface area contributed by atoms with Crippen LogP contribution >= 0.6 is 0 Å². The number of aromatic hydroxyl groups is 1. The standard InChI is InChI=1S/C12H14FN3O3S/c1-3-16-7-12(14-8(16)2)20(18,19)15-10-6-9(13)4-5-11(10)17/h4-7,15,17H,3H2,1-2H3. The summed E-state index contributed by atoms with van der Waals surface area (Å²) in [6.45, 7) is 4.12. The third-order valence-corrected chi connectivity index (χ3v) is 4.01. The molecule has 1 heterocycles. The van der Waals surface area contributed by atoms with Crippen molar-refractivity contribution in [2.24, 2.45) is 0 Å². The lowest BCUT2D eigenvalue weighted by Gasteiger charge is -2.07. The molecule has 0 saturated heterocycles. The van der Waals surface area contributed by atoms with E-state index in [0.29, 0.717) is 12.4 Å². The summed E-state index contributed by atoms with van der Waals surface area (Å²) in [7, 11) is -3.97. The molecule has 0 spiro atoms. The Kier molecular flexibility index (Phi) is 3.67. The molecule has 0 saturated carbocycles. The van der Waals surface area contributed by atoms with Crippen molar-refractivity contribution in [2.75, 3.05) is 4.72 Å². The van der Waals surface area contributed by atoms with Gasteiger partial charge in [0.15, 0.2) is 5.03 Å². The van der Waals surface area contributed by atoms with E-state index in [4.69, 9.17) is 0 Å². The third-order valence-electron chi connectivity index (χ3n) is 2.77. The van der Waals surface area contributed by atoms with E-state index in [9.17, 15) is 17.9 Å². The van der Waals surface area contributed by atoms with Crippen molar-refractivity contribution >= 4 is 15.7 Å². The molecule has 0 atom stereocenters. The highest BCUT2D eigenvalue weighted by Gasteiger charge is 2.20. The molecule has 0 aliphatic rings. The largest absolute Gasteiger partial charge is 0.506 e. The van der Waals surface area contributed by atoms with Crippen molar-refractivity contribution in [1.29, 1.82) is 0 Å². The number of hydrogen-bond donors (Lipinski definition) is 2. The van der Waals surface area contributed by atoms with Gasteiger partial charge in [-0.15, -0.1) is 0 Å². The maximum atomic E-state index is 13.1. The Morgan fingerprint density at radius 3 is 2.75 bits per heavy atom. The van der Waals surface area contributed by atoms with Gasteiger partial charge < -0.3 is 9.67 Å². The lowest BCUT2D eigenvalue weighted by molar-refractivity contribution is 0.475. The smallest absolute Gasteiger partial charge is 0.281 e. The summed E-state index contributed by atoms with van der Waals surface area (Å²) in [5.41, 5.74) is -0.228. The fourth-order valence-electron chi connectivity index (χ4n) is 1.72. The van der Waals surface area contributed by atoms with Gasteiger partial charge in [-0.25, -0.2) is 9.37 Å². The summed E-state index contributed by atoms with van der Waals surface area (Å²) >= 11 is 0. The van der Waals surface area contributed by atoms with Crippen LogP contribution in [0, 0.1) is 12.7 Å². The van der Waals surface area contributed by atoms with Crippen LogP contribution in [0.3, 0.4) is 0 Å². The molecule has 2 N–H and O–H groups in total. The molecule has 0 aliphatic carbocycles. The van der Waals surface area contributed by atoms with Crippen molar-refractivity contribution in [2.45, 2.75) is 25.4 Å². The Hall–Kier alpha value is -2.09. The first kappa shape index (κ1) is 14.3. The predicted octanol–water partition coefficient (Wildman–Crippen LogP) is 1.86. The number of rotatable bonds is 4. The average molecular weight is 299 g/mol. The molecule has 0 radical (unpaired) electrons. The Balaban J connectivity index is 2.37. The van der Waals surface area contributed by atoms with E-state index in [1.807, 2.05) is 6.92 Å². The summed E-state index contributed by atoms with van der Waals surface area (Å²) in [5.74, 6) is -0.464. The van der Waals surface area contributed by atoms with Gasteiger partial charge in [0.1, 0.15) is 17.4 Å². The van der Waals surface area contributed by atoms with E-state index in [0.717, 1.165) is 18.2 Å². The molecule has 0 fully saturated rings. The quantitative estimate of drug-likeness (QED) is 0.844. The number of hydrogen-bond acceptors (Lipinski definition) is 4. The first-order valence-electron chi connectivity index (χ1n) is 5.88. The van der Waals surface area contributed by atoms with Crippen LogP contribution in [0.4, 0.5) is 10.1 Å². The van der Waals surface area contributed by atoms with Gasteiger partial charge in [0.2, 0.25) is 0 Å². The van der Waals surface area contributed by atoms with Crippen LogP contribution in [-0.4, -0.2) is 23.1 Å². The molecular formula is C12H14FN3O3S. The molecular weight excluding hydrogens is 285 g/mol. The van der Waals surface area contributed by atoms with Gasteiger partial charge in [-0.05, 0) is 26.0 Å². The molecule has 108 valence electrons. The van der Waals surface area contributed by atoms with E-state index in [1.54, 1.807) is 11.5 Å². The molecule has 1 aromatic carbocycles. The van der Waals surface area contributed by atoms with Gasteiger partial charge in [0.25, 0.3) is 10.0 Å². The zero-order valence-electron chi connectivity index (χ0n) is 11.0. The lowest BCUT2D eigenvalue weighted by Crippen LogP contribution is -2.13. The first-order chi connectivity index (χ1) is 9.33. The fourth-order valence-corrected chi connectivity index (χ4v) is 2.79. The second kappa shape index (κ2) is 5.12. The van der Waals surface area contributed by atoms with Crippen molar-refractivity contribution in [3.05, 3.63) is 36.0 Å². The van der Waals surface area contributed by atoms with E-state index in [-0.39, 0.29) is 16.5 Å². The number of imidazole rings is 1. The predicted molar refractivity (Wildman–Crippen MR) is 71.5 cm³/mol. The normalized spacial score (nSPS) is 11.6. The molecule has 6 nitrogen and oxygen atoms in total. The monoisotopic (exact) mass is 299 g/mol. The van der Waals surface area contributed by atoms with E-state index < -0.39 is 15.8 Å². The third kappa shape index (κ3) is 2.74. The number of aromatic nitrogens is 2. The number of phenols is 1. The van der Waals surface area contributed by atoms with Crippen LogP contribution in [0.15, 0.2) is 29.4 Å². The second-order valence-electron chi connectivity index (χ2n) is 4.18.